The molecule has 0 aliphatic carbocycles. The predicted molar refractivity (Wildman–Crippen MR) is 108 cm³/mol. The molecule has 150 valence electrons. The molecule has 1 aliphatic heterocycles. The number of pyridine rings is 1. The van der Waals surface area contributed by atoms with Crippen LogP contribution in [0.25, 0.3) is 5.65 Å². The van der Waals surface area contributed by atoms with Crippen molar-refractivity contribution in [1.82, 2.24) is 19.6 Å². The highest BCUT2D eigenvalue weighted by molar-refractivity contribution is 6.03. The van der Waals surface area contributed by atoms with Gasteiger partial charge in [0.2, 0.25) is 11.8 Å². The number of aryl methyl sites for hydroxylation is 1. The largest absolute Gasteiger partial charge is 0.407 e. The fourth-order valence-corrected chi connectivity index (χ4v) is 3.72. The van der Waals surface area contributed by atoms with E-state index in [1.165, 1.54) is 0 Å². The Morgan fingerprint density at radius 1 is 1.13 bits per heavy atom. The molecule has 5 rings (SSSR count). The van der Waals surface area contributed by atoms with E-state index in [9.17, 15) is 9.59 Å². The number of fused-ring (bicyclic) bond motifs is 1. The molecule has 30 heavy (non-hydrogen) atoms. The van der Waals surface area contributed by atoms with Gasteiger partial charge in [-0.2, -0.15) is 0 Å². The van der Waals surface area contributed by atoms with E-state index < -0.39 is 5.91 Å². The minimum Gasteiger partial charge on any atom is -0.407 e. The minimum atomic E-state index is -0.394. The van der Waals surface area contributed by atoms with E-state index in [1.54, 1.807) is 22.4 Å². The van der Waals surface area contributed by atoms with Gasteiger partial charge in [0.1, 0.15) is 11.3 Å². The number of amides is 2. The molecule has 9 nitrogen and oxygen atoms in total. The number of hydrogen-bond acceptors (Lipinski definition) is 6. The fourth-order valence-electron chi connectivity index (χ4n) is 3.72. The maximum absolute atomic E-state index is 12.8. The molecule has 1 atom stereocenters. The molecule has 1 aromatic carbocycles. The number of nitrogens with one attached hydrogen (secondary N) is 1. The van der Waals surface area contributed by atoms with E-state index in [1.807, 2.05) is 48.5 Å². The lowest BCUT2D eigenvalue weighted by Crippen LogP contribution is -2.24. The van der Waals surface area contributed by atoms with Crippen molar-refractivity contribution in [2.75, 3.05) is 16.8 Å². The van der Waals surface area contributed by atoms with Crippen molar-refractivity contribution in [2.45, 2.75) is 19.3 Å². The summed E-state index contributed by atoms with van der Waals surface area (Å²) in [6.45, 7) is 2.22. The van der Waals surface area contributed by atoms with Gasteiger partial charge >= 0.3 is 6.01 Å². The number of hydrogen-bond donors (Lipinski definition) is 1. The van der Waals surface area contributed by atoms with Crippen molar-refractivity contribution in [3.05, 3.63) is 72.0 Å². The molecule has 1 aliphatic rings. The Morgan fingerprint density at radius 2 is 1.93 bits per heavy atom. The van der Waals surface area contributed by atoms with Crippen LogP contribution >= 0.6 is 0 Å². The Labute approximate surface area is 171 Å². The molecule has 3 aromatic heterocycles. The van der Waals surface area contributed by atoms with Crippen LogP contribution in [-0.4, -0.2) is 37.9 Å². The van der Waals surface area contributed by atoms with Crippen LogP contribution in [0.4, 0.5) is 11.7 Å². The molecule has 0 saturated carbocycles. The minimum absolute atomic E-state index is 0.00339. The molecule has 0 bridgehead atoms. The molecule has 4 heterocycles. The summed E-state index contributed by atoms with van der Waals surface area (Å²) in [5.74, 6) is -0.300. The van der Waals surface area contributed by atoms with Crippen molar-refractivity contribution < 1.29 is 14.0 Å². The van der Waals surface area contributed by atoms with E-state index in [-0.39, 0.29) is 24.3 Å². The van der Waals surface area contributed by atoms with Gasteiger partial charge in [-0.15, -0.1) is 5.10 Å². The van der Waals surface area contributed by atoms with Crippen LogP contribution in [0.5, 0.6) is 0 Å². The molecule has 9 heteroatoms. The molecule has 1 saturated heterocycles. The number of anilines is 2. The van der Waals surface area contributed by atoms with E-state index in [0.717, 1.165) is 5.69 Å². The van der Waals surface area contributed by atoms with Gasteiger partial charge in [0.05, 0.1) is 11.6 Å². The lowest BCUT2D eigenvalue weighted by molar-refractivity contribution is -0.117. The van der Waals surface area contributed by atoms with Gasteiger partial charge < -0.3 is 9.32 Å². The van der Waals surface area contributed by atoms with Crippen molar-refractivity contribution in [1.29, 1.82) is 0 Å². The summed E-state index contributed by atoms with van der Waals surface area (Å²) in [5, 5.41) is 10.6. The first-order valence-electron chi connectivity index (χ1n) is 9.54. The lowest BCUT2D eigenvalue weighted by Gasteiger charge is -2.15. The molecule has 1 N–H and O–H groups in total. The number of para-hydroxylation sites is 1. The topological polar surface area (TPSA) is 106 Å². The zero-order chi connectivity index (χ0) is 20.7. The first-order chi connectivity index (χ1) is 14.6. The van der Waals surface area contributed by atoms with Crippen molar-refractivity contribution >= 4 is 29.2 Å². The maximum Gasteiger partial charge on any atom is 0.322 e. The van der Waals surface area contributed by atoms with Crippen LogP contribution in [0.15, 0.2) is 59.1 Å². The normalized spacial score (nSPS) is 16.4. The van der Waals surface area contributed by atoms with Crippen molar-refractivity contribution in [2.24, 2.45) is 0 Å². The first-order valence-corrected chi connectivity index (χ1v) is 9.54. The Morgan fingerprint density at radius 3 is 2.77 bits per heavy atom. The number of rotatable bonds is 4. The van der Waals surface area contributed by atoms with Gasteiger partial charge in [0, 0.05) is 24.8 Å². The third-order valence-electron chi connectivity index (χ3n) is 5.12. The van der Waals surface area contributed by atoms with Gasteiger partial charge in [-0.3, -0.25) is 19.3 Å². The highest BCUT2D eigenvalue weighted by Crippen LogP contribution is 2.31. The Bertz CT molecular complexity index is 1250. The summed E-state index contributed by atoms with van der Waals surface area (Å²) in [7, 11) is 0. The third kappa shape index (κ3) is 3.10. The first kappa shape index (κ1) is 18.0. The molecular weight excluding hydrogens is 384 g/mol. The Hall–Kier alpha value is -4.01. The van der Waals surface area contributed by atoms with Gasteiger partial charge in [-0.25, -0.2) is 4.98 Å². The monoisotopic (exact) mass is 402 g/mol. The van der Waals surface area contributed by atoms with Gasteiger partial charge in [-0.05, 0) is 31.2 Å². The van der Waals surface area contributed by atoms with Gasteiger partial charge in [0.15, 0.2) is 0 Å². The van der Waals surface area contributed by atoms with Crippen LogP contribution in [0.3, 0.4) is 0 Å². The second-order valence-corrected chi connectivity index (χ2v) is 7.12. The number of benzene rings is 1. The van der Waals surface area contributed by atoms with E-state index in [2.05, 4.69) is 20.5 Å². The second-order valence-electron chi connectivity index (χ2n) is 7.12. The molecule has 0 radical (unpaired) electrons. The smallest absolute Gasteiger partial charge is 0.322 e. The highest BCUT2D eigenvalue weighted by atomic mass is 16.4. The summed E-state index contributed by atoms with van der Waals surface area (Å²) >= 11 is 0. The number of aromatic nitrogens is 4. The molecule has 2 amide bonds. The van der Waals surface area contributed by atoms with E-state index in [0.29, 0.717) is 29.5 Å². The summed E-state index contributed by atoms with van der Waals surface area (Å²) in [6, 6.07) is 14.9. The number of carbonyl (C=O) groups excluding carboxylic acids is 2. The summed E-state index contributed by atoms with van der Waals surface area (Å²) in [6.07, 6.45) is 2.04. The van der Waals surface area contributed by atoms with Gasteiger partial charge in [-0.1, -0.05) is 29.4 Å². The third-order valence-corrected chi connectivity index (χ3v) is 5.12. The van der Waals surface area contributed by atoms with Crippen LogP contribution in [-0.2, 0) is 4.79 Å². The van der Waals surface area contributed by atoms with Gasteiger partial charge in [0.25, 0.3) is 5.91 Å². The average Bonchev–Trinajstić information content (AvgIpc) is 3.44. The standard InChI is InChI=1S/C21H18N6O3/c1-13-18(26-10-6-5-9-16(26)22-13)19(29)23-21-25-24-20(30-21)14-11-17(28)27(12-14)15-7-3-2-4-8-15/h2-10,14H,11-12H2,1H3,(H,23,25,29). The molecule has 4 aromatic rings. The summed E-state index contributed by atoms with van der Waals surface area (Å²) in [4.78, 5) is 31.3. The molecule has 1 unspecified atom stereocenters. The molecule has 0 spiro atoms. The molecular formula is C21H18N6O3. The zero-order valence-corrected chi connectivity index (χ0v) is 16.1. The zero-order valence-electron chi connectivity index (χ0n) is 16.1. The average molecular weight is 402 g/mol. The van der Waals surface area contributed by atoms with E-state index in [4.69, 9.17) is 4.42 Å². The summed E-state index contributed by atoms with van der Waals surface area (Å²) < 4.78 is 7.36. The predicted octanol–water partition coefficient (Wildman–Crippen LogP) is 2.80. The number of imidazole rings is 1. The second kappa shape index (κ2) is 7.11. The Kier molecular flexibility index (Phi) is 4.27. The Balaban J connectivity index is 1.33. The molecule has 1 fully saturated rings. The van der Waals surface area contributed by atoms with Crippen molar-refractivity contribution in [3.8, 4) is 0 Å². The van der Waals surface area contributed by atoms with Crippen molar-refractivity contribution in [3.63, 3.8) is 0 Å². The summed E-state index contributed by atoms with van der Waals surface area (Å²) in [5.41, 5.74) is 2.51. The van der Waals surface area contributed by atoms with Crippen LogP contribution in [0, 0.1) is 6.92 Å². The number of nitrogens with zero attached hydrogens (tertiary/aromatic N) is 5. The quantitative estimate of drug-likeness (QED) is 0.563. The SMILES string of the molecule is Cc1nc2ccccn2c1C(=O)Nc1nnc(C2CC(=O)N(c3ccccc3)C2)o1. The van der Waals surface area contributed by atoms with E-state index >= 15 is 0 Å². The van der Waals surface area contributed by atoms with Crippen LogP contribution < -0.4 is 10.2 Å². The fraction of sp³-hybridized carbons (Fsp3) is 0.190. The van der Waals surface area contributed by atoms with Crippen LogP contribution in [0.1, 0.15) is 34.4 Å². The number of carbonyl (C=O) groups is 2. The highest BCUT2D eigenvalue weighted by Gasteiger charge is 2.35. The van der Waals surface area contributed by atoms with Crippen LogP contribution in [0.2, 0.25) is 0 Å². The lowest BCUT2D eigenvalue weighted by atomic mass is 10.1. The maximum atomic E-state index is 12.8.